The van der Waals surface area contributed by atoms with Gasteiger partial charge in [-0.1, -0.05) is 13.0 Å². The third-order valence-electron chi connectivity index (χ3n) is 1.41. The minimum atomic E-state index is -0.352. The molecule has 0 aliphatic rings. The SMILES string of the molecule is CCNC(C)C=C(C)C(N)=O. The molecule has 0 rings (SSSR count). The van der Waals surface area contributed by atoms with Crippen molar-refractivity contribution in [3.63, 3.8) is 0 Å². The summed E-state index contributed by atoms with van der Waals surface area (Å²) in [6.45, 7) is 6.61. The molecule has 0 saturated heterocycles. The predicted molar refractivity (Wildman–Crippen MR) is 46.1 cm³/mol. The average molecular weight is 156 g/mol. The number of carbonyl (C=O) groups is 1. The Morgan fingerprint density at radius 1 is 1.73 bits per heavy atom. The number of carbonyl (C=O) groups excluding carboxylic acids is 1. The molecule has 0 aliphatic heterocycles. The van der Waals surface area contributed by atoms with Crippen molar-refractivity contribution in [3.05, 3.63) is 11.6 Å². The van der Waals surface area contributed by atoms with Gasteiger partial charge in [-0.15, -0.1) is 0 Å². The Hall–Kier alpha value is -0.830. The molecule has 1 unspecified atom stereocenters. The van der Waals surface area contributed by atoms with Crippen LogP contribution in [0.25, 0.3) is 0 Å². The molecule has 3 heteroatoms. The molecule has 0 heterocycles. The standard InChI is InChI=1S/C8H16N2O/c1-4-10-7(3)5-6(2)8(9)11/h5,7,10H,4H2,1-3H3,(H2,9,11). The van der Waals surface area contributed by atoms with Crippen LogP contribution in [0.15, 0.2) is 11.6 Å². The number of nitrogens with two attached hydrogens (primary N) is 1. The maximum Gasteiger partial charge on any atom is 0.244 e. The first-order chi connectivity index (χ1) is 5.07. The van der Waals surface area contributed by atoms with Crippen molar-refractivity contribution >= 4 is 5.91 Å². The van der Waals surface area contributed by atoms with E-state index in [-0.39, 0.29) is 11.9 Å². The van der Waals surface area contributed by atoms with E-state index in [1.165, 1.54) is 0 Å². The van der Waals surface area contributed by atoms with Crippen molar-refractivity contribution in [1.82, 2.24) is 5.32 Å². The first-order valence-electron chi connectivity index (χ1n) is 3.79. The highest BCUT2D eigenvalue weighted by molar-refractivity contribution is 5.91. The van der Waals surface area contributed by atoms with E-state index >= 15 is 0 Å². The summed E-state index contributed by atoms with van der Waals surface area (Å²) in [6, 6.07) is 0.215. The van der Waals surface area contributed by atoms with Crippen LogP contribution in [0.3, 0.4) is 0 Å². The predicted octanol–water partition coefficient (Wildman–Crippen LogP) is 0.416. The minimum absolute atomic E-state index is 0.215. The summed E-state index contributed by atoms with van der Waals surface area (Å²) >= 11 is 0. The number of hydrogen-bond donors (Lipinski definition) is 2. The third-order valence-corrected chi connectivity index (χ3v) is 1.41. The van der Waals surface area contributed by atoms with Gasteiger partial charge in [0, 0.05) is 11.6 Å². The van der Waals surface area contributed by atoms with E-state index in [4.69, 9.17) is 5.73 Å². The van der Waals surface area contributed by atoms with Crippen molar-refractivity contribution in [2.24, 2.45) is 5.73 Å². The smallest absolute Gasteiger partial charge is 0.244 e. The lowest BCUT2D eigenvalue weighted by molar-refractivity contribution is -0.114. The van der Waals surface area contributed by atoms with Crippen LogP contribution in [-0.2, 0) is 4.79 Å². The summed E-state index contributed by atoms with van der Waals surface area (Å²) in [6.07, 6.45) is 1.83. The molecular weight excluding hydrogens is 140 g/mol. The molecule has 1 amide bonds. The second-order valence-electron chi connectivity index (χ2n) is 2.56. The van der Waals surface area contributed by atoms with Crippen molar-refractivity contribution < 1.29 is 4.79 Å². The number of nitrogens with one attached hydrogen (secondary N) is 1. The van der Waals surface area contributed by atoms with E-state index in [9.17, 15) is 4.79 Å². The Labute approximate surface area is 67.7 Å². The van der Waals surface area contributed by atoms with Gasteiger partial charge < -0.3 is 11.1 Å². The van der Waals surface area contributed by atoms with Gasteiger partial charge in [0.25, 0.3) is 0 Å². The molecule has 0 bridgehead atoms. The highest BCUT2D eigenvalue weighted by Gasteiger charge is 1.99. The maximum atomic E-state index is 10.6. The Morgan fingerprint density at radius 3 is 2.64 bits per heavy atom. The van der Waals surface area contributed by atoms with Gasteiger partial charge in [-0.25, -0.2) is 0 Å². The molecule has 0 aromatic carbocycles. The van der Waals surface area contributed by atoms with Gasteiger partial charge in [0.05, 0.1) is 0 Å². The van der Waals surface area contributed by atoms with E-state index in [0.717, 1.165) is 6.54 Å². The zero-order valence-electron chi connectivity index (χ0n) is 7.35. The Balaban J connectivity index is 3.96. The fourth-order valence-electron chi connectivity index (χ4n) is 0.838. The minimum Gasteiger partial charge on any atom is -0.366 e. The fourth-order valence-corrected chi connectivity index (χ4v) is 0.838. The summed E-state index contributed by atoms with van der Waals surface area (Å²) in [7, 11) is 0. The number of rotatable bonds is 4. The first-order valence-corrected chi connectivity index (χ1v) is 3.79. The zero-order chi connectivity index (χ0) is 8.85. The van der Waals surface area contributed by atoms with Crippen LogP contribution < -0.4 is 11.1 Å². The molecule has 64 valence electrons. The van der Waals surface area contributed by atoms with Crippen LogP contribution in [0, 0.1) is 0 Å². The number of likely N-dealkylation sites (N-methyl/N-ethyl adjacent to an activating group) is 1. The first kappa shape index (κ1) is 10.2. The van der Waals surface area contributed by atoms with Crippen LogP contribution in [-0.4, -0.2) is 18.5 Å². The second-order valence-corrected chi connectivity index (χ2v) is 2.56. The quantitative estimate of drug-likeness (QED) is 0.579. The van der Waals surface area contributed by atoms with Gasteiger partial charge in [0.15, 0.2) is 0 Å². The lowest BCUT2D eigenvalue weighted by Gasteiger charge is -2.06. The van der Waals surface area contributed by atoms with Gasteiger partial charge in [0.1, 0.15) is 0 Å². The van der Waals surface area contributed by atoms with Crippen LogP contribution in [0.4, 0.5) is 0 Å². The highest BCUT2D eigenvalue weighted by Crippen LogP contribution is 1.93. The number of hydrogen-bond acceptors (Lipinski definition) is 2. The molecule has 0 fully saturated rings. The Morgan fingerprint density at radius 2 is 2.27 bits per heavy atom. The van der Waals surface area contributed by atoms with Gasteiger partial charge >= 0.3 is 0 Å². The largest absolute Gasteiger partial charge is 0.366 e. The summed E-state index contributed by atoms with van der Waals surface area (Å²) < 4.78 is 0. The summed E-state index contributed by atoms with van der Waals surface area (Å²) in [5, 5.41) is 3.15. The van der Waals surface area contributed by atoms with E-state index in [2.05, 4.69) is 5.32 Å². The molecule has 0 aliphatic carbocycles. The maximum absolute atomic E-state index is 10.6. The number of amides is 1. The molecule has 0 aromatic rings. The van der Waals surface area contributed by atoms with E-state index in [1.54, 1.807) is 6.92 Å². The normalized spacial score (nSPS) is 14.6. The van der Waals surface area contributed by atoms with Crippen molar-refractivity contribution in [2.45, 2.75) is 26.8 Å². The van der Waals surface area contributed by atoms with Crippen LogP contribution >= 0.6 is 0 Å². The van der Waals surface area contributed by atoms with Gasteiger partial charge in [-0.3, -0.25) is 4.79 Å². The van der Waals surface area contributed by atoms with Gasteiger partial charge in [0.2, 0.25) is 5.91 Å². The van der Waals surface area contributed by atoms with Crippen molar-refractivity contribution in [3.8, 4) is 0 Å². The number of primary amides is 1. The van der Waals surface area contributed by atoms with E-state index < -0.39 is 0 Å². The molecule has 0 spiro atoms. The molecule has 3 nitrogen and oxygen atoms in total. The van der Waals surface area contributed by atoms with Crippen LogP contribution in [0.2, 0.25) is 0 Å². The Bertz CT molecular complexity index is 163. The lowest BCUT2D eigenvalue weighted by Crippen LogP contribution is -2.25. The molecule has 3 N–H and O–H groups in total. The van der Waals surface area contributed by atoms with Gasteiger partial charge in [-0.05, 0) is 20.4 Å². The molecule has 11 heavy (non-hydrogen) atoms. The lowest BCUT2D eigenvalue weighted by atomic mass is 10.2. The van der Waals surface area contributed by atoms with Crippen molar-refractivity contribution in [2.75, 3.05) is 6.54 Å². The topological polar surface area (TPSA) is 55.1 Å². The summed E-state index contributed by atoms with van der Waals surface area (Å²) in [5.41, 5.74) is 5.66. The molecule has 1 atom stereocenters. The third kappa shape index (κ3) is 4.56. The molecule has 0 saturated carbocycles. The average Bonchev–Trinajstić information content (AvgIpc) is 1.87. The monoisotopic (exact) mass is 156 g/mol. The fraction of sp³-hybridized carbons (Fsp3) is 0.625. The van der Waals surface area contributed by atoms with Crippen LogP contribution in [0.1, 0.15) is 20.8 Å². The molecular formula is C8H16N2O. The van der Waals surface area contributed by atoms with Gasteiger partial charge in [-0.2, -0.15) is 0 Å². The van der Waals surface area contributed by atoms with Crippen molar-refractivity contribution in [1.29, 1.82) is 0 Å². The van der Waals surface area contributed by atoms with E-state index in [0.29, 0.717) is 5.57 Å². The van der Waals surface area contributed by atoms with E-state index in [1.807, 2.05) is 19.9 Å². The highest BCUT2D eigenvalue weighted by atomic mass is 16.1. The molecule has 0 radical (unpaired) electrons. The van der Waals surface area contributed by atoms with Crippen LogP contribution in [0.5, 0.6) is 0 Å². The Kier molecular flexibility index (Phi) is 4.54. The summed E-state index contributed by atoms with van der Waals surface area (Å²) in [4.78, 5) is 10.6. The zero-order valence-corrected chi connectivity index (χ0v) is 7.35. The molecule has 0 aromatic heterocycles. The second kappa shape index (κ2) is 4.91. The summed E-state index contributed by atoms with van der Waals surface area (Å²) in [5.74, 6) is -0.352.